The second-order valence-electron chi connectivity index (χ2n) is 10.6. The number of nitrogens with zero attached hydrogens (tertiary/aromatic N) is 4. The zero-order valence-electron chi connectivity index (χ0n) is 19.1. The van der Waals surface area contributed by atoms with Gasteiger partial charge in [-0.3, -0.25) is 4.57 Å². The first-order chi connectivity index (χ1) is 16.4. The van der Waals surface area contributed by atoms with Crippen molar-refractivity contribution < 1.29 is 19.3 Å². The summed E-state index contributed by atoms with van der Waals surface area (Å²) in [5.74, 6) is -0.471. The summed E-state index contributed by atoms with van der Waals surface area (Å²) < 4.78 is 20.1. The van der Waals surface area contributed by atoms with Crippen molar-refractivity contribution >= 4 is 22.8 Å². The molecule has 0 bridgehead atoms. The number of hydrogen-bond donors (Lipinski definition) is 1. The Hall–Kier alpha value is -2.10. The first kappa shape index (κ1) is 21.2. The molecule has 9 heteroatoms. The molecule has 8 nitrogen and oxygen atoms in total. The van der Waals surface area contributed by atoms with Crippen molar-refractivity contribution in [1.82, 2.24) is 19.5 Å². The Balaban J connectivity index is 1.23. The van der Waals surface area contributed by atoms with Gasteiger partial charge in [-0.2, -0.15) is 4.98 Å². The molecule has 3 fully saturated rings. The van der Waals surface area contributed by atoms with Crippen molar-refractivity contribution in [2.24, 2.45) is 0 Å². The number of aliphatic hydroxyl groups is 1. The molecular formula is C25H27ClN4O4. The maximum Gasteiger partial charge on any atom is 0.224 e. The number of aromatic nitrogens is 4. The zero-order valence-corrected chi connectivity index (χ0v) is 19.9. The van der Waals surface area contributed by atoms with Gasteiger partial charge in [-0.05, 0) is 67.7 Å². The number of benzene rings is 1. The van der Waals surface area contributed by atoms with Crippen LogP contribution in [0, 0.1) is 0 Å². The van der Waals surface area contributed by atoms with Crippen LogP contribution < -0.4 is 0 Å². The molecular weight excluding hydrogens is 456 g/mol. The molecule has 1 aromatic carbocycles. The normalized spacial score (nSPS) is 35.6. The smallest absolute Gasteiger partial charge is 0.224 e. The highest BCUT2D eigenvalue weighted by Crippen LogP contribution is 2.59. The van der Waals surface area contributed by atoms with E-state index in [9.17, 15) is 5.11 Å². The maximum absolute atomic E-state index is 9.85. The second-order valence-corrected chi connectivity index (χ2v) is 10.9. The number of aliphatic hydroxyl groups excluding tert-OH is 1. The number of hydrogen-bond acceptors (Lipinski definition) is 7. The number of fused-ring (bicyclic) bond motifs is 4. The summed E-state index contributed by atoms with van der Waals surface area (Å²) in [6.07, 6.45) is 4.37. The van der Waals surface area contributed by atoms with Crippen molar-refractivity contribution in [3.05, 3.63) is 52.7 Å². The average molecular weight is 483 g/mol. The fourth-order valence-electron chi connectivity index (χ4n) is 6.68. The molecule has 2 aromatic heterocycles. The highest BCUT2D eigenvalue weighted by atomic mass is 35.5. The molecule has 2 aliphatic heterocycles. The molecule has 2 saturated heterocycles. The summed E-state index contributed by atoms with van der Waals surface area (Å²) in [4.78, 5) is 13.9. The number of aryl methyl sites for hydroxylation is 1. The predicted octanol–water partition coefficient (Wildman–Crippen LogP) is 3.65. The van der Waals surface area contributed by atoms with E-state index in [1.165, 1.54) is 17.5 Å². The summed E-state index contributed by atoms with van der Waals surface area (Å²) in [6.45, 7) is 3.58. The molecule has 0 radical (unpaired) electrons. The van der Waals surface area contributed by atoms with Gasteiger partial charge in [0, 0.05) is 5.92 Å². The standard InChI is InChI=1S/C25H27ClN4O4/c1-24(2)33-19-16(11-31)32-22(20(19)34-24)30-12-27-18-17(28-23(26)29-21(18)30)14-9-25(10-14)8-7-13-5-3-4-6-15(13)25/h3-6,12,14,16,19-20,22,31H,7-11H2,1-2H3/t14?,16-,19?,20+,22-,25?/m1/s1. The van der Waals surface area contributed by atoms with E-state index in [0.717, 1.165) is 30.5 Å². The van der Waals surface area contributed by atoms with Crippen LogP contribution in [0.15, 0.2) is 30.6 Å². The zero-order chi connectivity index (χ0) is 23.2. The number of rotatable bonds is 3. The third-order valence-corrected chi connectivity index (χ3v) is 8.29. The van der Waals surface area contributed by atoms with E-state index in [-0.39, 0.29) is 35.4 Å². The number of halogens is 1. The van der Waals surface area contributed by atoms with Crippen LogP contribution in [0.5, 0.6) is 0 Å². The molecule has 4 heterocycles. The molecule has 7 rings (SSSR count). The fraction of sp³-hybridized carbons (Fsp3) is 0.560. The molecule has 4 atom stereocenters. The Morgan fingerprint density at radius 3 is 2.76 bits per heavy atom. The largest absolute Gasteiger partial charge is 0.394 e. The Bertz CT molecular complexity index is 1290. The minimum absolute atomic E-state index is 0.156. The fourth-order valence-corrected chi connectivity index (χ4v) is 6.85. The monoisotopic (exact) mass is 482 g/mol. The highest BCUT2D eigenvalue weighted by Gasteiger charge is 2.56. The van der Waals surface area contributed by atoms with E-state index in [1.54, 1.807) is 6.33 Å². The van der Waals surface area contributed by atoms with Gasteiger partial charge in [0.1, 0.15) is 23.8 Å². The lowest BCUT2D eigenvalue weighted by atomic mass is 9.58. The molecule has 1 saturated carbocycles. The van der Waals surface area contributed by atoms with Crippen LogP contribution in [0.2, 0.25) is 5.28 Å². The first-order valence-electron chi connectivity index (χ1n) is 12.0. The van der Waals surface area contributed by atoms with Crippen molar-refractivity contribution in [3.63, 3.8) is 0 Å². The summed E-state index contributed by atoms with van der Waals surface area (Å²) >= 11 is 6.43. The van der Waals surface area contributed by atoms with Crippen LogP contribution in [0.1, 0.15) is 62.1 Å². The van der Waals surface area contributed by atoms with E-state index >= 15 is 0 Å². The van der Waals surface area contributed by atoms with Crippen LogP contribution in [-0.2, 0) is 26.0 Å². The SMILES string of the molecule is CC1(C)OC2[C@@H](CO)O[C@@H](n3cnc4c(C5CC6(CCc7ccccc76)C5)nc(Cl)nc43)[C@H]2O1. The van der Waals surface area contributed by atoms with Gasteiger partial charge in [0.25, 0.3) is 0 Å². The number of ether oxygens (including phenoxy) is 3. The molecule has 1 N–H and O–H groups in total. The van der Waals surface area contributed by atoms with Crippen LogP contribution in [-0.4, -0.2) is 55.3 Å². The Kier molecular flexibility index (Phi) is 4.50. The van der Waals surface area contributed by atoms with E-state index in [1.807, 2.05) is 18.4 Å². The van der Waals surface area contributed by atoms with Gasteiger partial charge < -0.3 is 19.3 Å². The highest BCUT2D eigenvalue weighted by molar-refractivity contribution is 6.28. The lowest BCUT2D eigenvalue weighted by Gasteiger charge is -2.46. The van der Waals surface area contributed by atoms with Crippen molar-refractivity contribution in [1.29, 1.82) is 0 Å². The third kappa shape index (κ3) is 2.96. The molecule has 1 unspecified atom stereocenters. The topological polar surface area (TPSA) is 91.5 Å². The lowest BCUT2D eigenvalue weighted by Crippen LogP contribution is -2.38. The summed E-state index contributed by atoms with van der Waals surface area (Å²) in [6, 6.07) is 8.81. The number of imidazole rings is 1. The summed E-state index contributed by atoms with van der Waals surface area (Å²) in [5, 5.41) is 10.1. The Morgan fingerprint density at radius 2 is 1.94 bits per heavy atom. The molecule has 3 aromatic rings. The minimum Gasteiger partial charge on any atom is -0.394 e. The lowest BCUT2D eigenvalue weighted by molar-refractivity contribution is -0.199. The van der Waals surface area contributed by atoms with Crippen LogP contribution in [0.3, 0.4) is 0 Å². The molecule has 0 amide bonds. The van der Waals surface area contributed by atoms with Gasteiger partial charge >= 0.3 is 0 Å². The Morgan fingerprint density at radius 1 is 1.15 bits per heavy atom. The van der Waals surface area contributed by atoms with Gasteiger partial charge in [-0.25, -0.2) is 9.97 Å². The van der Waals surface area contributed by atoms with Gasteiger partial charge in [-0.15, -0.1) is 0 Å². The van der Waals surface area contributed by atoms with Crippen LogP contribution >= 0.6 is 11.6 Å². The van der Waals surface area contributed by atoms with Crippen molar-refractivity contribution in [2.75, 3.05) is 6.61 Å². The van der Waals surface area contributed by atoms with Crippen molar-refractivity contribution in [2.45, 2.75) is 81.2 Å². The van der Waals surface area contributed by atoms with E-state index in [2.05, 4.69) is 34.2 Å². The van der Waals surface area contributed by atoms with Gasteiger partial charge in [-0.1, -0.05) is 24.3 Å². The second kappa shape index (κ2) is 7.21. The molecule has 178 valence electrons. The minimum atomic E-state index is -0.753. The molecule has 2 aliphatic carbocycles. The molecule has 1 spiro atoms. The quantitative estimate of drug-likeness (QED) is 0.569. The van der Waals surface area contributed by atoms with E-state index in [4.69, 9.17) is 30.8 Å². The maximum atomic E-state index is 9.85. The van der Waals surface area contributed by atoms with Gasteiger partial charge in [0.05, 0.1) is 18.6 Å². The van der Waals surface area contributed by atoms with Crippen molar-refractivity contribution in [3.8, 4) is 0 Å². The summed E-state index contributed by atoms with van der Waals surface area (Å²) in [7, 11) is 0. The van der Waals surface area contributed by atoms with E-state index in [0.29, 0.717) is 5.65 Å². The summed E-state index contributed by atoms with van der Waals surface area (Å²) in [5.41, 5.74) is 5.49. The Labute approximate surface area is 202 Å². The van der Waals surface area contributed by atoms with E-state index < -0.39 is 18.1 Å². The molecule has 4 aliphatic rings. The van der Waals surface area contributed by atoms with Gasteiger partial charge in [0.2, 0.25) is 5.28 Å². The van der Waals surface area contributed by atoms with Crippen LogP contribution in [0.4, 0.5) is 0 Å². The van der Waals surface area contributed by atoms with Gasteiger partial charge in [0.15, 0.2) is 17.7 Å². The first-order valence-corrected chi connectivity index (χ1v) is 12.4. The average Bonchev–Trinajstić information content (AvgIpc) is 3.52. The molecule has 34 heavy (non-hydrogen) atoms. The third-order valence-electron chi connectivity index (χ3n) is 8.12. The van der Waals surface area contributed by atoms with Crippen LogP contribution in [0.25, 0.3) is 11.2 Å². The predicted molar refractivity (Wildman–Crippen MR) is 124 cm³/mol.